The second kappa shape index (κ2) is 9.60. The molecule has 1 aliphatic rings. The Morgan fingerprint density at radius 3 is 2.50 bits per heavy atom. The van der Waals surface area contributed by atoms with Crippen molar-refractivity contribution in [1.29, 1.82) is 0 Å². The molecule has 0 aliphatic carbocycles. The summed E-state index contributed by atoms with van der Waals surface area (Å²) in [4.78, 5) is 14.6. The van der Waals surface area contributed by atoms with E-state index in [2.05, 4.69) is 17.0 Å². The summed E-state index contributed by atoms with van der Waals surface area (Å²) in [6.07, 6.45) is 2.95. The maximum atomic E-state index is 12.4. The van der Waals surface area contributed by atoms with Gasteiger partial charge in [0.1, 0.15) is 6.10 Å². The Labute approximate surface area is 167 Å². The first-order chi connectivity index (χ1) is 13.6. The van der Waals surface area contributed by atoms with E-state index in [1.54, 1.807) is 14.2 Å². The van der Waals surface area contributed by atoms with Crippen molar-refractivity contribution in [3.8, 4) is 11.5 Å². The van der Waals surface area contributed by atoms with E-state index in [0.29, 0.717) is 24.5 Å². The summed E-state index contributed by atoms with van der Waals surface area (Å²) in [7, 11) is 5.27. The Kier molecular flexibility index (Phi) is 6.93. The van der Waals surface area contributed by atoms with Crippen molar-refractivity contribution in [2.75, 3.05) is 27.8 Å². The van der Waals surface area contributed by atoms with Gasteiger partial charge in [-0.3, -0.25) is 9.69 Å². The first-order valence-corrected chi connectivity index (χ1v) is 9.77. The predicted octanol–water partition coefficient (Wildman–Crippen LogP) is 4.15. The van der Waals surface area contributed by atoms with Crippen LogP contribution in [0.4, 0.5) is 0 Å². The van der Waals surface area contributed by atoms with Gasteiger partial charge in [-0.05, 0) is 49.6 Å². The van der Waals surface area contributed by atoms with Gasteiger partial charge in [-0.1, -0.05) is 30.3 Å². The third-order valence-electron chi connectivity index (χ3n) is 5.12. The quantitative estimate of drug-likeness (QED) is 0.506. The number of unbranched alkanes of at least 4 members (excludes halogenated alkanes) is 1. The maximum absolute atomic E-state index is 12.4. The molecule has 2 aromatic rings. The molecule has 0 radical (unpaired) electrons. The molecule has 1 aliphatic heterocycles. The summed E-state index contributed by atoms with van der Waals surface area (Å²) in [5.74, 6) is 1.21. The van der Waals surface area contributed by atoms with Crippen molar-refractivity contribution in [1.82, 2.24) is 4.90 Å². The molecule has 2 aromatic carbocycles. The molecule has 0 fully saturated rings. The third-order valence-corrected chi connectivity index (χ3v) is 5.12. The molecule has 0 saturated heterocycles. The smallest absolute Gasteiger partial charge is 0.306 e. The van der Waals surface area contributed by atoms with Gasteiger partial charge in [0.05, 0.1) is 14.2 Å². The number of carbonyl (C=O) groups excluding carboxylic acids is 1. The lowest BCUT2D eigenvalue weighted by Crippen LogP contribution is -2.32. The number of fused-ring (bicyclic) bond motifs is 1. The largest absolute Gasteiger partial charge is 0.493 e. The number of rotatable bonds is 8. The number of carbonyl (C=O) groups is 1. The molecule has 1 atom stereocenters. The van der Waals surface area contributed by atoms with Crippen LogP contribution in [0.5, 0.6) is 11.5 Å². The Morgan fingerprint density at radius 1 is 1.07 bits per heavy atom. The first-order valence-electron chi connectivity index (χ1n) is 9.77. The van der Waals surface area contributed by atoms with Gasteiger partial charge in [-0.25, -0.2) is 0 Å². The van der Waals surface area contributed by atoms with Crippen molar-refractivity contribution in [3.05, 3.63) is 59.2 Å². The number of aryl methyl sites for hydroxylation is 1. The van der Waals surface area contributed by atoms with Gasteiger partial charge in [0.2, 0.25) is 0 Å². The van der Waals surface area contributed by atoms with Crippen molar-refractivity contribution in [3.63, 3.8) is 0 Å². The summed E-state index contributed by atoms with van der Waals surface area (Å²) >= 11 is 0. The summed E-state index contributed by atoms with van der Waals surface area (Å²) in [5.41, 5.74) is 3.42. The van der Waals surface area contributed by atoms with Gasteiger partial charge in [-0.2, -0.15) is 0 Å². The van der Waals surface area contributed by atoms with Gasteiger partial charge >= 0.3 is 5.97 Å². The molecule has 1 unspecified atom stereocenters. The molecule has 3 rings (SSSR count). The summed E-state index contributed by atoms with van der Waals surface area (Å²) < 4.78 is 16.7. The lowest BCUT2D eigenvalue weighted by molar-refractivity contribution is -0.151. The zero-order valence-electron chi connectivity index (χ0n) is 16.9. The Bertz CT molecular complexity index is 791. The highest BCUT2D eigenvalue weighted by Gasteiger charge is 2.28. The fourth-order valence-electron chi connectivity index (χ4n) is 3.67. The number of esters is 1. The van der Waals surface area contributed by atoms with Crippen LogP contribution >= 0.6 is 0 Å². The minimum Gasteiger partial charge on any atom is -0.493 e. The highest BCUT2D eigenvalue weighted by molar-refractivity contribution is 5.70. The SMILES string of the molecule is COc1cc2c(cc1OC)C(OC(=O)CCCCc1ccccc1)CN(C)C2. The van der Waals surface area contributed by atoms with Gasteiger partial charge in [0.15, 0.2) is 11.5 Å². The van der Waals surface area contributed by atoms with E-state index in [1.807, 2.05) is 37.4 Å². The van der Waals surface area contributed by atoms with Crippen LogP contribution < -0.4 is 9.47 Å². The number of hydrogen-bond donors (Lipinski definition) is 0. The average Bonchev–Trinajstić information content (AvgIpc) is 2.71. The molecule has 0 aromatic heterocycles. The lowest BCUT2D eigenvalue weighted by atomic mass is 9.96. The van der Waals surface area contributed by atoms with E-state index < -0.39 is 0 Å². The zero-order chi connectivity index (χ0) is 19.9. The van der Waals surface area contributed by atoms with Crippen LogP contribution in [0.15, 0.2) is 42.5 Å². The number of hydrogen-bond acceptors (Lipinski definition) is 5. The van der Waals surface area contributed by atoms with Crippen LogP contribution in [0.1, 0.15) is 42.1 Å². The summed E-state index contributed by atoms with van der Waals surface area (Å²) in [6.45, 7) is 1.47. The average molecular weight is 383 g/mol. The van der Waals surface area contributed by atoms with Crippen molar-refractivity contribution >= 4 is 5.97 Å². The molecule has 150 valence electrons. The summed E-state index contributed by atoms with van der Waals surface area (Å²) in [5, 5.41) is 0. The van der Waals surface area contributed by atoms with Crippen LogP contribution in [0.25, 0.3) is 0 Å². The second-order valence-electron chi connectivity index (χ2n) is 7.27. The number of ether oxygens (including phenoxy) is 3. The third kappa shape index (κ3) is 5.04. The van der Waals surface area contributed by atoms with E-state index in [0.717, 1.165) is 36.9 Å². The van der Waals surface area contributed by atoms with Gasteiger partial charge in [0.25, 0.3) is 0 Å². The van der Waals surface area contributed by atoms with E-state index in [1.165, 1.54) is 5.56 Å². The minimum absolute atomic E-state index is 0.144. The van der Waals surface area contributed by atoms with E-state index >= 15 is 0 Å². The van der Waals surface area contributed by atoms with Crippen molar-refractivity contribution < 1.29 is 19.0 Å². The highest BCUT2D eigenvalue weighted by atomic mass is 16.5. The van der Waals surface area contributed by atoms with E-state index in [4.69, 9.17) is 14.2 Å². The lowest BCUT2D eigenvalue weighted by Gasteiger charge is -2.32. The second-order valence-corrected chi connectivity index (χ2v) is 7.27. The Balaban J connectivity index is 1.58. The molecular formula is C23H29NO4. The Hall–Kier alpha value is -2.53. The van der Waals surface area contributed by atoms with Crippen LogP contribution in [-0.2, 0) is 22.5 Å². The number of methoxy groups -OCH3 is 2. The zero-order valence-corrected chi connectivity index (χ0v) is 16.9. The van der Waals surface area contributed by atoms with Gasteiger partial charge in [-0.15, -0.1) is 0 Å². The number of nitrogens with zero attached hydrogens (tertiary/aromatic N) is 1. The molecule has 0 bridgehead atoms. The molecule has 0 amide bonds. The predicted molar refractivity (Wildman–Crippen MR) is 109 cm³/mol. The van der Waals surface area contributed by atoms with Crippen LogP contribution in [0.3, 0.4) is 0 Å². The fraction of sp³-hybridized carbons (Fsp3) is 0.435. The number of benzene rings is 2. The Morgan fingerprint density at radius 2 is 1.79 bits per heavy atom. The normalized spacial score (nSPS) is 16.3. The first kappa shape index (κ1) is 20.2. The minimum atomic E-state index is -0.282. The van der Waals surface area contributed by atoms with Crippen LogP contribution in [-0.4, -0.2) is 38.7 Å². The molecule has 0 saturated carbocycles. The monoisotopic (exact) mass is 383 g/mol. The molecular weight excluding hydrogens is 354 g/mol. The topological polar surface area (TPSA) is 48.0 Å². The van der Waals surface area contributed by atoms with E-state index in [9.17, 15) is 4.79 Å². The standard InChI is InChI=1S/C23H29NO4/c1-24-15-18-13-20(26-2)21(27-3)14-19(18)22(16-24)28-23(25)12-8-7-11-17-9-5-4-6-10-17/h4-6,9-10,13-14,22H,7-8,11-12,15-16H2,1-3H3. The van der Waals surface area contributed by atoms with Crippen LogP contribution in [0, 0.1) is 0 Å². The fourth-order valence-corrected chi connectivity index (χ4v) is 3.67. The van der Waals surface area contributed by atoms with Crippen molar-refractivity contribution in [2.45, 2.75) is 38.3 Å². The van der Waals surface area contributed by atoms with Gasteiger partial charge in [0, 0.05) is 25.1 Å². The highest BCUT2D eigenvalue weighted by Crippen LogP contribution is 2.37. The maximum Gasteiger partial charge on any atom is 0.306 e. The van der Waals surface area contributed by atoms with E-state index in [-0.39, 0.29) is 12.1 Å². The van der Waals surface area contributed by atoms with Gasteiger partial charge < -0.3 is 14.2 Å². The molecule has 5 nitrogen and oxygen atoms in total. The molecule has 0 N–H and O–H groups in total. The molecule has 5 heteroatoms. The van der Waals surface area contributed by atoms with Crippen LogP contribution in [0.2, 0.25) is 0 Å². The summed E-state index contributed by atoms with van der Waals surface area (Å²) in [6, 6.07) is 14.3. The molecule has 0 spiro atoms. The molecule has 28 heavy (non-hydrogen) atoms. The number of likely N-dealkylation sites (N-methyl/N-ethyl adjacent to an activating group) is 1. The molecule has 1 heterocycles. The van der Waals surface area contributed by atoms with Crippen molar-refractivity contribution in [2.24, 2.45) is 0 Å².